The Kier molecular flexibility index (Phi) is 15.1. The van der Waals surface area contributed by atoms with Crippen molar-refractivity contribution >= 4 is 0 Å². The first-order valence-corrected chi connectivity index (χ1v) is 35.3. The summed E-state index contributed by atoms with van der Waals surface area (Å²) in [6, 6.07) is 143. The highest BCUT2D eigenvalue weighted by Gasteiger charge is 2.51. The van der Waals surface area contributed by atoms with Gasteiger partial charge in [0.1, 0.15) is 0 Å². The van der Waals surface area contributed by atoms with Crippen LogP contribution in [0.5, 0.6) is 0 Å². The van der Waals surface area contributed by atoms with Crippen LogP contribution in [0.25, 0.3) is 168 Å². The molecule has 3 nitrogen and oxygen atoms in total. The SMILES string of the molecule is c1ccc(-c2cccc(-c3cccc(-c4ccc(-c5nc(-c6ccc(-c7cccc(-c8cccc(-c9cccc(-c%10cccc(-c%11ccc%12c(c%11)C%11(c%13ccccc%13-c%13ccccc%13%11)c%11ccccc%11-%12)c%10)c9)c8)c7)cc6)nc(-c6cccc(-c7cccc(-c8ccccc8)c7)c6)n5)cc4)c3)c2)cc1. The van der Waals surface area contributed by atoms with Gasteiger partial charge < -0.3 is 0 Å². The van der Waals surface area contributed by atoms with Crippen LogP contribution in [-0.4, -0.2) is 15.0 Å². The Morgan fingerprint density at radius 1 is 0.126 bits per heavy atom. The standard InChI is InChI=1S/C100H65N3/c1-3-21-66(22-4-1)72-25-13-29-76(57-72)77-30-15-27-74(59-77)68-47-51-70(52-48-68)97-101-98(103-99(102-97)88-40-20-39-86(64-88)79-32-14-26-73(58-79)67-23-5-2-6-24-67)71-53-49-69(50-54-71)75-28-16-31-78(60-75)80-33-17-34-81(61-80)82-35-18-36-83(62-82)84-37-19-38-85(63-84)87-55-56-92-91-43-9-12-46-95(91)100(96(92)65-87)93-44-10-7-41-89(93)90-42-8-11-45-94(90)100/h1-65H. The molecule has 2 aliphatic rings. The second-order valence-corrected chi connectivity index (χ2v) is 27.0. The second-order valence-electron chi connectivity index (χ2n) is 27.0. The first-order chi connectivity index (χ1) is 51.0. The number of benzene rings is 16. The van der Waals surface area contributed by atoms with Gasteiger partial charge in [0.2, 0.25) is 0 Å². The molecule has 0 amide bonds. The van der Waals surface area contributed by atoms with Crippen LogP contribution in [0.4, 0.5) is 0 Å². The lowest BCUT2D eigenvalue weighted by molar-refractivity contribution is 0.794. The molecule has 16 aromatic carbocycles. The molecule has 1 aromatic heterocycles. The maximum Gasteiger partial charge on any atom is 0.164 e. The average Bonchev–Trinajstić information content (AvgIpc) is 1.51. The zero-order valence-corrected chi connectivity index (χ0v) is 56.4. The predicted molar refractivity (Wildman–Crippen MR) is 427 cm³/mol. The lowest BCUT2D eigenvalue weighted by Gasteiger charge is -2.30. The minimum Gasteiger partial charge on any atom is -0.208 e. The van der Waals surface area contributed by atoms with Crippen LogP contribution in [0.1, 0.15) is 22.3 Å². The van der Waals surface area contributed by atoms with Gasteiger partial charge in [0.15, 0.2) is 17.5 Å². The Labute approximate surface area is 600 Å². The molecule has 3 heteroatoms. The molecule has 19 rings (SSSR count). The van der Waals surface area contributed by atoms with Gasteiger partial charge in [-0.05, 0) is 210 Å². The zero-order chi connectivity index (χ0) is 68.2. The maximum atomic E-state index is 5.27. The van der Waals surface area contributed by atoms with E-state index in [2.05, 4.69) is 394 Å². The van der Waals surface area contributed by atoms with Crippen molar-refractivity contribution in [2.45, 2.75) is 5.41 Å². The van der Waals surface area contributed by atoms with Crippen LogP contribution in [0, 0.1) is 0 Å². The van der Waals surface area contributed by atoms with E-state index >= 15 is 0 Å². The van der Waals surface area contributed by atoms with E-state index in [0.29, 0.717) is 17.5 Å². The summed E-state index contributed by atoms with van der Waals surface area (Å²) in [5, 5.41) is 0. The predicted octanol–water partition coefficient (Wildman–Crippen LogP) is 25.9. The summed E-state index contributed by atoms with van der Waals surface area (Å²) in [6.45, 7) is 0. The molecule has 0 radical (unpaired) electrons. The van der Waals surface area contributed by atoms with E-state index in [4.69, 9.17) is 15.0 Å². The van der Waals surface area contributed by atoms with E-state index < -0.39 is 5.41 Å². The number of nitrogens with zero attached hydrogens (tertiary/aromatic N) is 3. The zero-order valence-electron chi connectivity index (χ0n) is 56.4. The monoisotopic (exact) mass is 1310 g/mol. The summed E-state index contributed by atoms with van der Waals surface area (Å²) in [7, 11) is 0. The number of hydrogen-bond donors (Lipinski definition) is 0. The molecule has 0 fully saturated rings. The van der Waals surface area contributed by atoms with Crippen LogP contribution in [0.2, 0.25) is 0 Å². The lowest BCUT2D eigenvalue weighted by Crippen LogP contribution is -2.25. The van der Waals surface area contributed by atoms with Crippen LogP contribution >= 0.6 is 0 Å². The van der Waals surface area contributed by atoms with Gasteiger partial charge in [0, 0.05) is 16.7 Å². The second kappa shape index (κ2) is 25.7. The quantitative estimate of drug-likeness (QED) is 0.115. The fraction of sp³-hybridized carbons (Fsp3) is 0.0100. The van der Waals surface area contributed by atoms with Crippen molar-refractivity contribution in [3.63, 3.8) is 0 Å². The molecule has 0 bridgehead atoms. The third-order valence-corrected chi connectivity index (χ3v) is 21.0. The first kappa shape index (κ1) is 60.7. The fourth-order valence-corrected chi connectivity index (χ4v) is 15.9. The van der Waals surface area contributed by atoms with Crippen LogP contribution < -0.4 is 0 Å². The smallest absolute Gasteiger partial charge is 0.164 e. The van der Waals surface area contributed by atoms with E-state index in [0.717, 1.165) is 77.9 Å². The molecule has 0 aliphatic heterocycles. The summed E-state index contributed by atoms with van der Waals surface area (Å²) in [4.78, 5) is 15.8. The minimum atomic E-state index is -0.393. The van der Waals surface area contributed by atoms with Crippen molar-refractivity contribution in [3.8, 4) is 168 Å². The van der Waals surface area contributed by atoms with Gasteiger partial charge in [-0.1, -0.05) is 340 Å². The Balaban J connectivity index is 0.610. The third-order valence-electron chi connectivity index (χ3n) is 21.0. The van der Waals surface area contributed by atoms with E-state index in [1.54, 1.807) is 0 Å². The molecule has 0 N–H and O–H groups in total. The van der Waals surface area contributed by atoms with Crippen molar-refractivity contribution in [1.29, 1.82) is 0 Å². The van der Waals surface area contributed by atoms with Crippen molar-refractivity contribution in [2.75, 3.05) is 0 Å². The molecule has 103 heavy (non-hydrogen) atoms. The summed E-state index contributed by atoms with van der Waals surface area (Å²) in [5.74, 6) is 1.80. The highest BCUT2D eigenvalue weighted by atomic mass is 15.0. The van der Waals surface area contributed by atoms with Crippen molar-refractivity contribution < 1.29 is 0 Å². The summed E-state index contributed by atoms with van der Waals surface area (Å²) < 4.78 is 0. The molecule has 1 spiro atoms. The van der Waals surface area contributed by atoms with Crippen molar-refractivity contribution in [3.05, 3.63) is 417 Å². The molecule has 17 aromatic rings. The lowest BCUT2D eigenvalue weighted by atomic mass is 9.70. The van der Waals surface area contributed by atoms with E-state index in [9.17, 15) is 0 Å². The van der Waals surface area contributed by atoms with Gasteiger partial charge in [0.25, 0.3) is 0 Å². The number of rotatable bonds is 13. The van der Waals surface area contributed by atoms with Crippen LogP contribution in [0.3, 0.4) is 0 Å². The Morgan fingerprint density at radius 3 is 0.631 bits per heavy atom. The number of hydrogen-bond acceptors (Lipinski definition) is 3. The van der Waals surface area contributed by atoms with E-state index in [-0.39, 0.29) is 0 Å². The van der Waals surface area contributed by atoms with Gasteiger partial charge in [-0.15, -0.1) is 0 Å². The molecule has 0 saturated carbocycles. The van der Waals surface area contributed by atoms with Crippen LogP contribution in [-0.2, 0) is 5.41 Å². The number of fused-ring (bicyclic) bond motifs is 10. The topological polar surface area (TPSA) is 38.7 Å². The Morgan fingerprint density at radius 2 is 0.320 bits per heavy atom. The molecule has 1 heterocycles. The highest BCUT2D eigenvalue weighted by Crippen LogP contribution is 2.63. The van der Waals surface area contributed by atoms with Gasteiger partial charge >= 0.3 is 0 Å². The molecule has 0 unspecified atom stereocenters. The molecular formula is C100H65N3. The van der Waals surface area contributed by atoms with Crippen molar-refractivity contribution in [1.82, 2.24) is 15.0 Å². The number of aromatic nitrogens is 3. The van der Waals surface area contributed by atoms with Gasteiger partial charge in [-0.25, -0.2) is 15.0 Å². The molecular weight excluding hydrogens is 1240 g/mol. The first-order valence-electron chi connectivity index (χ1n) is 35.3. The maximum absolute atomic E-state index is 5.27. The summed E-state index contributed by atoms with van der Waals surface area (Å²) >= 11 is 0. The molecule has 2 aliphatic carbocycles. The molecule has 0 saturated heterocycles. The third kappa shape index (κ3) is 11.1. The summed E-state index contributed by atoms with van der Waals surface area (Å²) in [6.07, 6.45) is 0. The van der Waals surface area contributed by atoms with Crippen LogP contribution in [0.15, 0.2) is 394 Å². The van der Waals surface area contributed by atoms with E-state index in [1.165, 1.54) is 94.6 Å². The average molecular weight is 1310 g/mol. The molecule has 480 valence electrons. The van der Waals surface area contributed by atoms with Crippen molar-refractivity contribution in [2.24, 2.45) is 0 Å². The Bertz CT molecular complexity index is 6050. The van der Waals surface area contributed by atoms with Gasteiger partial charge in [-0.2, -0.15) is 0 Å². The normalized spacial score (nSPS) is 12.2. The fourth-order valence-electron chi connectivity index (χ4n) is 15.9. The largest absolute Gasteiger partial charge is 0.208 e. The minimum absolute atomic E-state index is 0.393. The Hall–Kier alpha value is -13.5. The summed E-state index contributed by atoms with van der Waals surface area (Å²) in [5.41, 5.74) is 36.1. The molecule has 0 atom stereocenters. The van der Waals surface area contributed by atoms with E-state index in [1.807, 2.05) is 0 Å². The van der Waals surface area contributed by atoms with Gasteiger partial charge in [0.05, 0.1) is 5.41 Å². The van der Waals surface area contributed by atoms with Gasteiger partial charge in [-0.3, -0.25) is 0 Å². The highest BCUT2D eigenvalue weighted by molar-refractivity contribution is 5.96.